The molecule has 1 rings (SSSR count). The standard InChI is InChI=1S/C10H13N3O4/c1-10(12,9(14)15)5-6-2-3-7(11)8(4-6)13(16)17/h2-4H,5,11-12H2,1H3,(H,14,15)/t10-/m1/s1. The summed E-state index contributed by atoms with van der Waals surface area (Å²) in [5.41, 5.74) is 9.76. The lowest BCUT2D eigenvalue weighted by molar-refractivity contribution is -0.384. The molecule has 0 spiro atoms. The summed E-state index contributed by atoms with van der Waals surface area (Å²) in [5, 5.41) is 19.5. The number of carboxylic acid groups (broad SMARTS) is 1. The van der Waals surface area contributed by atoms with Crippen molar-refractivity contribution >= 4 is 17.3 Å². The second-order valence-corrected chi connectivity index (χ2v) is 4.05. The van der Waals surface area contributed by atoms with Crippen molar-refractivity contribution < 1.29 is 14.8 Å². The molecule has 17 heavy (non-hydrogen) atoms. The molecule has 0 aromatic heterocycles. The Labute approximate surface area is 97.2 Å². The number of hydrogen-bond acceptors (Lipinski definition) is 5. The normalized spacial score (nSPS) is 14.0. The van der Waals surface area contributed by atoms with Crippen LogP contribution in [0.4, 0.5) is 11.4 Å². The first kappa shape index (κ1) is 12.9. The van der Waals surface area contributed by atoms with Crippen molar-refractivity contribution in [3.8, 4) is 0 Å². The van der Waals surface area contributed by atoms with Crippen LogP contribution < -0.4 is 11.5 Å². The molecule has 7 nitrogen and oxygen atoms in total. The van der Waals surface area contributed by atoms with E-state index < -0.39 is 16.4 Å². The van der Waals surface area contributed by atoms with Crippen molar-refractivity contribution in [3.63, 3.8) is 0 Å². The third-order valence-electron chi connectivity index (χ3n) is 2.35. The summed E-state index contributed by atoms with van der Waals surface area (Å²) in [6.45, 7) is 1.34. The maximum atomic E-state index is 10.8. The van der Waals surface area contributed by atoms with Gasteiger partial charge >= 0.3 is 5.97 Å². The van der Waals surface area contributed by atoms with Gasteiger partial charge in [0.1, 0.15) is 11.2 Å². The minimum absolute atomic E-state index is 0.0105. The Hall–Kier alpha value is -2.15. The second kappa shape index (κ2) is 4.38. The third kappa shape index (κ3) is 2.91. The average Bonchev–Trinajstić information content (AvgIpc) is 2.20. The molecule has 0 saturated carbocycles. The molecule has 0 aliphatic rings. The van der Waals surface area contributed by atoms with Gasteiger partial charge in [0.25, 0.3) is 5.69 Å². The number of aliphatic carboxylic acids is 1. The Morgan fingerprint density at radius 2 is 2.18 bits per heavy atom. The van der Waals surface area contributed by atoms with Gasteiger partial charge in [-0.05, 0) is 18.6 Å². The van der Waals surface area contributed by atoms with Crippen LogP contribution in [0.2, 0.25) is 0 Å². The van der Waals surface area contributed by atoms with Crippen molar-refractivity contribution in [1.82, 2.24) is 0 Å². The van der Waals surface area contributed by atoms with Gasteiger partial charge in [-0.3, -0.25) is 14.9 Å². The predicted molar refractivity (Wildman–Crippen MR) is 61.4 cm³/mol. The molecule has 0 heterocycles. The topological polar surface area (TPSA) is 132 Å². The number of nitro groups is 1. The van der Waals surface area contributed by atoms with Crippen LogP contribution in [-0.4, -0.2) is 21.5 Å². The number of anilines is 1. The van der Waals surface area contributed by atoms with E-state index in [9.17, 15) is 14.9 Å². The fourth-order valence-electron chi connectivity index (χ4n) is 1.36. The van der Waals surface area contributed by atoms with Gasteiger partial charge in [-0.15, -0.1) is 0 Å². The van der Waals surface area contributed by atoms with Gasteiger partial charge in [-0.1, -0.05) is 6.07 Å². The van der Waals surface area contributed by atoms with E-state index in [1.165, 1.54) is 25.1 Å². The maximum Gasteiger partial charge on any atom is 0.323 e. The number of carboxylic acids is 1. The molecule has 1 aromatic carbocycles. The minimum Gasteiger partial charge on any atom is -0.480 e. The Morgan fingerprint density at radius 1 is 1.59 bits per heavy atom. The van der Waals surface area contributed by atoms with E-state index in [1.807, 2.05) is 0 Å². The molecule has 0 unspecified atom stereocenters. The number of nitrogens with two attached hydrogens (primary N) is 2. The molecule has 1 aromatic rings. The van der Waals surface area contributed by atoms with Crippen molar-refractivity contribution in [3.05, 3.63) is 33.9 Å². The number of benzene rings is 1. The van der Waals surface area contributed by atoms with Gasteiger partial charge in [0.05, 0.1) is 4.92 Å². The van der Waals surface area contributed by atoms with Gasteiger partial charge in [-0.2, -0.15) is 0 Å². The molecular formula is C10H13N3O4. The van der Waals surface area contributed by atoms with Crippen LogP contribution in [0.5, 0.6) is 0 Å². The molecule has 92 valence electrons. The molecule has 0 saturated heterocycles. The van der Waals surface area contributed by atoms with Crippen LogP contribution in [0.1, 0.15) is 12.5 Å². The number of nitrogen functional groups attached to an aromatic ring is 1. The van der Waals surface area contributed by atoms with Crippen molar-refractivity contribution in [2.24, 2.45) is 5.73 Å². The van der Waals surface area contributed by atoms with E-state index >= 15 is 0 Å². The number of hydrogen-bond donors (Lipinski definition) is 3. The second-order valence-electron chi connectivity index (χ2n) is 4.05. The molecule has 5 N–H and O–H groups in total. The molecular weight excluding hydrogens is 226 g/mol. The first-order valence-electron chi connectivity index (χ1n) is 4.79. The molecule has 0 bridgehead atoms. The van der Waals surface area contributed by atoms with Crippen molar-refractivity contribution in [2.45, 2.75) is 18.9 Å². The minimum atomic E-state index is -1.47. The molecule has 0 radical (unpaired) electrons. The maximum absolute atomic E-state index is 10.8. The van der Waals surface area contributed by atoms with Crippen LogP contribution in [0.25, 0.3) is 0 Å². The number of nitro benzene ring substituents is 1. The van der Waals surface area contributed by atoms with E-state index in [-0.39, 0.29) is 17.8 Å². The van der Waals surface area contributed by atoms with Gasteiger partial charge < -0.3 is 16.6 Å². The Balaban J connectivity index is 3.05. The zero-order valence-corrected chi connectivity index (χ0v) is 9.21. The SMILES string of the molecule is C[C@@](N)(Cc1ccc(N)c([N+](=O)[O-])c1)C(=O)O. The first-order chi connectivity index (χ1) is 7.74. The molecule has 7 heteroatoms. The first-order valence-corrected chi connectivity index (χ1v) is 4.79. The monoisotopic (exact) mass is 239 g/mol. The fraction of sp³-hybridized carbons (Fsp3) is 0.300. The van der Waals surface area contributed by atoms with E-state index in [0.717, 1.165) is 0 Å². The van der Waals surface area contributed by atoms with E-state index in [4.69, 9.17) is 16.6 Å². The molecule has 1 atom stereocenters. The van der Waals surface area contributed by atoms with E-state index in [0.29, 0.717) is 5.56 Å². The molecule has 0 fully saturated rings. The van der Waals surface area contributed by atoms with Crippen molar-refractivity contribution in [1.29, 1.82) is 0 Å². The number of carbonyl (C=O) groups is 1. The summed E-state index contributed by atoms with van der Waals surface area (Å²) >= 11 is 0. The summed E-state index contributed by atoms with van der Waals surface area (Å²) in [7, 11) is 0. The van der Waals surface area contributed by atoms with Crippen LogP contribution in [0.3, 0.4) is 0 Å². The summed E-state index contributed by atoms with van der Waals surface area (Å²) < 4.78 is 0. The van der Waals surface area contributed by atoms with E-state index in [1.54, 1.807) is 0 Å². The van der Waals surface area contributed by atoms with Gasteiger partial charge in [-0.25, -0.2) is 0 Å². The van der Waals surface area contributed by atoms with Crippen LogP contribution in [0, 0.1) is 10.1 Å². The fourth-order valence-corrected chi connectivity index (χ4v) is 1.36. The van der Waals surface area contributed by atoms with E-state index in [2.05, 4.69) is 0 Å². The predicted octanol–water partition coefficient (Wildman–Crippen LogP) is 0.522. The van der Waals surface area contributed by atoms with Gasteiger partial charge in [0.15, 0.2) is 0 Å². The largest absolute Gasteiger partial charge is 0.480 e. The molecule has 0 aliphatic carbocycles. The number of nitrogens with zero attached hydrogens (tertiary/aromatic N) is 1. The highest BCUT2D eigenvalue weighted by atomic mass is 16.6. The average molecular weight is 239 g/mol. The lowest BCUT2D eigenvalue weighted by atomic mass is 9.94. The van der Waals surface area contributed by atoms with Crippen LogP contribution >= 0.6 is 0 Å². The van der Waals surface area contributed by atoms with Gasteiger partial charge in [0.2, 0.25) is 0 Å². The Kier molecular flexibility index (Phi) is 3.33. The highest BCUT2D eigenvalue weighted by molar-refractivity contribution is 5.78. The summed E-state index contributed by atoms with van der Waals surface area (Å²) in [4.78, 5) is 20.9. The zero-order chi connectivity index (χ0) is 13.2. The Morgan fingerprint density at radius 3 is 2.65 bits per heavy atom. The van der Waals surface area contributed by atoms with Crippen LogP contribution in [0.15, 0.2) is 18.2 Å². The summed E-state index contributed by atoms with van der Waals surface area (Å²) in [5.74, 6) is -1.17. The highest BCUT2D eigenvalue weighted by Gasteiger charge is 2.28. The third-order valence-corrected chi connectivity index (χ3v) is 2.35. The quantitative estimate of drug-likeness (QED) is 0.398. The molecule has 0 amide bonds. The summed E-state index contributed by atoms with van der Waals surface area (Å²) in [6.07, 6.45) is -0.0105. The van der Waals surface area contributed by atoms with Crippen LogP contribution in [-0.2, 0) is 11.2 Å². The number of rotatable bonds is 4. The lowest BCUT2D eigenvalue weighted by Crippen LogP contribution is -2.46. The zero-order valence-electron chi connectivity index (χ0n) is 9.21. The van der Waals surface area contributed by atoms with Gasteiger partial charge in [0, 0.05) is 12.5 Å². The smallest absolute Gasteiger partial charge is 0.323 e. The molecule has 0 aliphatic heterocycles. The highest BCUT2D eigenvalue weighted by Crippen LogP contribution is 2.24. The summed E-state index contributed by atoms with van der Waals surface area (Å²) in [6, 6.07) is 4.13. The lowest BCUT2D eigenvalue weighted by Gasteiger charge is -2.18. The Bertz CT molecular complexity index is 471. The van der Waals surface area contributed by atoms with Crippen molar-refractivity contribution in [2.75, 3.05) is 5.73 Å².